The zero-order chi connectivity index (χ0) is 16.7. The van der Waals surface area contributed by atoms with Gasteiger partial charge >= 0.3 is 0 Å². The maximum atomic E-state index is 10.1. The zero-order valence-corrected chi connectivity index (χ0v) is 13.7. The number of hydrogen-bond acceptors (Lipinski definition) is 2. The summed E-state index contributed by atoms with van der Waals surface area (Å²) in [5.74, 6) is 1.05. The number of aryl methyl sites for hydroxylation is 2. The Kier molecular flexibility index (Phi) is 3.35. The van der Waals surface area contributed by atoms with Crippen LogP contribution in [-0.2, 0) is 0 Å². The Morgan fingerprint density at radius 2 is 1.62 bits per heavy atom. The molecule has 4 aromatic rings. The molecule has 2 N–H and O–H groups in total. The summed E-state index contributed by atoms with van der Waals surface area (Å²) in [7, 11) is 0. The third kappa shape index (κ3) is 2.44. The SMILES string of the molecule is Cc1ccc(-c2nc3c(-c4ccccc4)cc(O)cc3[nH]2)cc1C. The quantitative estimate of drug-likeness (QED) is 0.533. The standard InChI is InChI=1S/C21H18N2O/c1-13-8-9-16(10-14(13)2)21-22-19-12-17(24)11-18(20(19)23-21)15-6-4-3-5-7-15/h3-12,24H,1-2H3,(H,22,23). The molecule has 0 unspecified atom stereocenters. The van der Waals surface area contributed by atoms with Crippen molar-refractivity contribution < 1.29 is 5.11 Å². The lowest BCUT2D eigenvalue weighted by Crippen LogP contribution is -1.85. The molecule has 0 saturated carbocycles. The van der Waals surface area contributed by atoms with Gasteiger partial charge in [-0.25, -0.2) is 4.98 Å². The number of hydrogen-bond donors (Lipinski definition) is 2. The maximum absolute atomic E-state index is 10.1. The molecule has 24 heavy (non-hydrogen) atoms. The molecular weight excluding hydrogens is 296 g/mol. The van der Waals surface area contributed by atoms with Gasteiger partial charge in [0, 0.05) is 17.2 Å². The van der Waals surface area contributed by atoms with Gasteiger partial charge in [0.2, 0.25) is 0 Å². The number of phenolic OH excluding ortho intramolecular Hbond substituents is 1. The van der Waals surface area contributed by atoms with E-state index in [0.717, 1.165) is 33.5 Å². The second-order valence-electron chi connectivity index (χ2n) is 6.14. The summed E-state index contributed by atoms with van der Waals surface area (Å²) in [6, 6.07) is 19.8. The number of aromatic nitrogens is 2. The summed E-state index contributed by atoms with van der Waals surface area (Å²) >= 11 is 0. The minimum atomic E-state index is 0.233. The van der Waals surface area contributed by atoms with Crippen LogP contribution in [0.1, 0.15) is 11.1 Å². The van der Waals surface area contributed by atoms with Gasteiger partial charge in [-0.05, 0) is 42.7 Å². The summed E-state index contributed by atoms with van der Waals surface area (Å²) < 4.78 is 0. The Morgan fingerprint density at radius 1 is 0.833 bits per heavy atom. The Hall–Kier alpha value is -3.07. The Balaban J connectivity index is 1.93. The first-order valence-electron chi connectivity index (χ1n) is 7.97. The van der Waals surface area contributed by atoms with Crippen molar-refractivity contribution in [2.75, 3.05) is 0 Å². The highest BCUT2D eigenvalue weighted by Gasteiger charge is 2.12. The predicted molar refractivity (Wildman–Crippen MR) is 98.1 cm³/mol. The van der Waals surface area contributed by atoms with E-state index >= 15 is 0 Å². The fourth-order valence-corrected chi connectivity index (χ4v) is 2.97. The smallest absolute Gasteiger partial charge is 0.138 e. The van der Waals surface area contributed by atoms with Gasteiger partial charge in [0.1, 0.15) is 11.6 Å². The van der Waals surface area contributed by atoms with Crippen molar-refractivity contribution >= 4 is 11.0 Å². The number of imidazole rings is 1. The third-order valence-corrected chi connectivity index (χ3v) is 4.44. The number of nitrogens with one attached hydrogen (secondary N) is 1. The molecule has 0 saturated heterocycles. The highest BCUT2D eigenvalue weighted by molar-refractivity contribution is 5.95. The fourth-order valence-electron chi connectivity index (χ4n) is 2.97. The molecule has 0 aliphatic carbocycles. The number of phenols is 1. The van der Waals surface area contributed by atoms with Crippen LogP contribution in [0.3, 0.4) is 0 Å². The summed E-state index contributed by atoms with van der Waals surface area (Å²) in [5.41, 5.74) is 7.21. The van der Waals surface area contributed by atoms with E-state index in [0.29, 0.717) is 0 Å². The van der Waals surface area contributed by atoms with Crippen LogP contribution in [0.4, 0.5) is 0 Å². The number of benzene rings is 3. The van der Waals surface area contributed by atoms with Crippen LogP contribution in [0.5, 0.6) is 5.75 Å². The van der Waals surface area contributed by atoms with E-state index in [1.165, 1.54) is 11.1 Å². The van der Waals surface area contributed by atoms with Crippen LogP contribution in [0, 0.1) is 13.8 Å². The Morgan fingerprint density at radius 3 is 2.38 bits per heavy atom. The van der Waals surface area contributed by atoms with Gasteiger partial charge in [-0.15, -0.1) is 0 Å². The monoisotopic (exact) mass is 314 g/mol. The van der Waals surface area contributed by atoms with E-state index < -0.39 is 0 Å². The molecule has 0 atom stereocenters. The number of fused-ring (bicyclic) bond motifs is 1. The molecule has 3 nitrogen and oxygen atoms in total. The number of H-pyrrole nitrogens is 1. The Labute approximate surface area is 140 Å². The van der Waals surface area contributed by atoms with Gasteiger partial charge in [0.25, 0.3) is 0 Å². The molecule has 4 rings (SSSR count). The molecule has 0 aliphatic rings. The molecule has 0 spiro atoms. The van der Waals surface area contributed by atoms with Crippen molar-refractivity contribution in [3.8, 4) is 28.3 Å². The van der Waals surface area contributed by atoms with Crippen LogP contribution < -0.4 is 0 Å². The van der Waals surface area contributed by atoms with Gasteiger partial charge in [0.05, 0.1) is 11.0 Å². The molecule has 0 fully saturated rings. The van der Waals surface area contributed by atoms with Crippen molar-refractivity contribution in [1.29, 1.82) is 0 Å². The molecule has 0 aliphatic heterocycles. The lowest BCUT2D eigenvalue weighted by Gasteiger charge is -2.03. The van der Waals surface area contributed by atoms with Gasteiger partial charge < -0.3 is 10.1 Å². The van der Waals surface area contributed by atoms with E-state index in [-0.39, 0.29) is 5.75 Å². The summed E-state index contributed by atoms with van der Waals surface area (Å²) in [5, 5.41) is 10.1. The molecule has 3 heteroatoms. The van der Waals surface area contributed by atoms with Crippen LogP contribution in [-0.4, -0.2) is 15.1 Å². The highest BCUT2D eigenvalue weighted by Crippen LogP contribution is 2.33. The molecule has 0 radical (unpaired) electrons. The first-order valence-corrected chi connectivity index (χ1v) is 7.97. The van der Waals surface area contributed by atoms with Crippen molar-refractivity contribution in [3.05, 3.63) is 71.8 Å². The number of aromatic hydroxyl groups is 1. The molecule has 0 amide bonds. The topological polar surface area (TPSA) is 48.9 Å². The minimum absolute atomic E-state index is 0.233. The van der Waals surface area contributed by atoms with Gasteiger partial charge in [0.15, 0.2) is 0 Å². The van der Waals surface area contributed by atoms with Crippen molar-refractivity contribution in [3.63, 3.8) is 0 Å². The summed E-state index contributed by atoms with van der Waals surface area (Å²) in [6.45, 7) is 4.20. The Bertz CT molecular complexity index is 1030. The lowest BCUT2D eigenvalue weighted by molar-refractivity contribution is 0.476. The van der Waals surface area contributed by atoms with E-state index in [2.05, 4.69) is 37.0 Å². The van der Waals surface area contributed by atoms with Crippen molar-refractivity contribution in [2.24, 2.45) is 0 Å². The lowest BCUT2D eigenvalue weighted by atomic mass is 10.0. The average Bonchev–Trinajstić information content (AvgIpc) is 3.01. The second-order valence-corrected chi connectivity index (χ2v) is 6.14. The number of rotatable bonds is 2. The van der Waals surface area contributed by atoms with E-state index in [1.54, 1.807) is 12.1 Å². The molecule has 1 aromatic heterocycles. The molecule has 1 heterocycles. The van der Waals surface area contributed by atoms with Crippen molar-refractivity contribution in [1.82, 2.24) is 9.97 Å². The normalized spacial score (nSPS) is 11.1. The first-order chi connectivity index (χ1) is 11.6. The van der Waals surface area contributed by atoms with Crippen LogP contribution in [0.25, 0.3) is 33.5 Å². The number of nitrogens with zero attached hydrogens (tertiary/aromatic N) is 1. The first kappa shape index (κ1) is 14.5. The van der Waals surface area contributed by atoms with E-state index in [1.807, 2.05) is 30.3 Å². The van der Waals surface area contributed by atoms with E-state index in [9.17, 15) is 5.11 Å². The summed E-state index contributed by atoms with van der Waals surface area (Å²) in [6.07, 6.45) is 0. The van der Waals surface area contributed by atoms with E-state index in [4.69, 9.17) is 4.98 Å². The van der Waals surface area contributed by atoms with Crippen LogP contribution in [0.15, 0.2) is 60.7 Å². The van der Waals surface area contributed by atoms with Crippen molar-refractivity contribution in [2.45, 2.75) is 13.8 Å². The fraction of sp³-hybridized carbons (Fsp3) is 0.0952. The average molecular weight is 314 g/mol. The van der Waals surface area contributed by atoms with Crippen LogP contribution >= 0.6 is 0 Å². The maximum Gasteiger partial charge on any atom is 0.138 e. The molecule has 3 aromatic carbocycles. The third-order valence-electron chi connectivity index (χ3n) is 4.44. The summed E-state index contributed by atoms with van der Waals surface area (Å²) in [4.78, 5) is 8.14. The van der Waals surface area contributed by atoms with Gasteiger partial charge in [-0.1, -0.05) is 42.5 Å². The largest absolute Gasteiger partial charge is 0.508 e. The predicted octanol–water partition coefficient (Wildman–Crippen LogP) is 5.22. The molecular formula is C21H18N2O. The molecule has 0 bridgehead atoms. The van der Waals surface area contributed by atoms with Gasteiger partial charge in [-0.3, -0.25) is 0 Å². The number of aromatic amines is 1. The van der Waals surface area contributed by atoms with Crippen LogP contribution in [0.2, 0.25) is 0 Å². The zero-order valence-electron chi connectivity index (χ0n) is 13.7. The second kappa shape index (κ2) is 5.53. The van der Waals surface area contributed by atoms with Gasteiger partial charge in [-0.2, -0.15) is 0 Å². The minimum Gasteiger partial charge on any atom is -0.508 e. The molecule has 118 valence electrons. The highest BCUT2D eigenvalue weighted by atomic mass is 16.3.